The predicted molar refractivity (Wildman–Crippen MR) is 79.5 cm³/mol. The number of rotatable bonds is 5. The van der Waals surface area contributed by atoms with Crippen molar-refractivity contribution in [3.63, 3.8) is 0 Å². The van der Waals surface area contributed by atoms with Gasteiger partial charge >= 0.3 is 0 Å². The smallest absolute Gasteiger partial charge is 0.193 e. The van der Waals surface area contributed by atoms with Crippen molar-refractivity contribution < 1.29 is 4.79 Å². The highest BCUT2D eigenvalue weighted by Gasteiger charge is 2.12. The lowest BCUT2D eigenvalue weighted by molar-refractivity contribution is -0.110. The number of benzene rings is 1. The van der Waals surface area contributed by atoms with Crippen molar-refractivity contribution in [3.8, 4) is 0 Å². The topological polar surface area (TPSA) is 17.1 Å². The zero-order valence-electron chi connectivity index (χ0n) is 10.2. The zero-order chi connectivity index (χ0) is 12.1. The fourth-order valence-corrected chi connectivity index (χ4v) is 2.68. The van der Waals surface area contributed by atoms with Crippen molar-refractivity contribution in [1.82, 2.24) is 0 Å². The van der Waals surface area contributed by atoms with E-state index in [1.807, 2.05) is 6.92 Å². The van der Waals surface area contributed by atoms with E-state index in [2.05, 4.69) is 42.6 Å². The summed E-state index contributed by atoms with van der Waals surface area (Å²) in [7, 11) is 0. The summed E-state index contributed by atoms with van der Waals surface area (Å²) < 4.78 is 4.06. The number of halogens is 1. The van der Waals surface area contributed by atoms with E-state index in [9.17, 15) is 4.79 Å². The monoisotopic (exact) mass is 330 g/mol. The summed E-state index contributed by atoms with van der Waals surface area (Å²) in [6.45, 7) is 6.41. The molecule has 0 amide bonds. The Bertz CT molecular complexity index is 365. The molecule has 1 unspecified atom stereocenters. The molecule has 0 heterocycles. The van der Waals surface area contributed by atoms with E-state index >= 15 is 0 Å². The highest BCUT2D eigenvalue weighted by atomic mass is 127. The van der Waals surface area contributed by atoms with Crippen LogP contribution in [0.1, 0.15) is 37.8 Å². The van der Waals surface area contributed by atoms with Gasteiger partial charge in [0.1, 0.15) is 0 Å². The minimum atomic E-state index is -0.533. The highest BCUT2D eigenvalue weighted by Crippen LogP contribution is 2.22. The normalized spacial score (nSPS) is 12.8. The molecule has 1 nitrogen and oxygen atoms in total. The molecule has 0 fully saturated rings. The van der Waals surface area contributed by atoms with Crippen LogP contribution in [0.2, 0.25) is 0 Å². The second kappa shape index (κ2) is 6.28. The molecule has 0 saturated heterocycles. The molecule has 0 N–H and O–H groups in total. The van der Waals surface area contributed by atoms with Gasteiger partial charge in [-0.25, -0.2) is 0 Å². The summed E-state index contributed by atoms with van der Waals surface area (Å²) in [5, 5.41) is 0. The van der Waals surface area contributed by atoms with Crippen LogP contribution in [-0.4, -0.2) is 8.30 Å². The van der Waals surface area contributed by atoms with Crippen LogP contribution < -0.4 is 0 Å². The summed E-state index contributed by atoms with van der Waals surface area (Å²) in [5.74, 6) is 0.703. The summed E-state index contributed by atoms with van der Waals surface area (Å²) in [6, 6.07) is 8.44. The van der Waals surface area contributed by atoms with Gasteiger partial charge in [-0.05, 0) is 23.5 Å². The Morgan fingerprint density at radius 1 is 1.25 bits per heavy atom. The lowest BCUT2D eigenvalue weighted by atomic mass is 9.98. The van der Waals surface area contributed by atoms with Crippen molar-refractivity contribution in [1.29, 1.82) is 0 Å². The minimum Gasteiger partial charge on any atom is -0.288 e. The first-order valence-corrected chi connectivity index (χ1v) is 8.16. The summed E-state index contributed by atoms with van der Waals surface area (Å²) in [5.41, 5.74) is 2.48. The number of carbonyl (C=O) groups is 1. The molecule has 88 valence electrons. The standard InChI is InChI=1S/C14H19IO/c1-10(2)9-12-5-7-13(8-6-12)11(3)14(16)15-4/h5-8,10-11H,4,9H2,1-3H3. The fourth-order valence-electron chi connectivity index (χ4n) is 1.66. The van der Waals surface area contributed by atoms with Gasteiger partial charge in [0.05, 0.1) is 0 Å². The average molecular weight is 330 g/mol. The number of hydrogen-bond acceptors (Lipinski definition) is 1. The molecule has 0 aromatic heterocycles. The second-order valence-electron chi connectivity index (χ2n) is 4.50. The highest BCUT2D eigenvalue weighted by molar-refractivity contribution is 14.2. The van der Waals surface area contributed by atoms with Crippen molar-refractivity contribution in [2.24, 2.45) is 5.92 Å². The lowest BCUT2D eigenvalue weighted by Crippen LogP contribution is -2.02. The van der Waals surface area contributed by atoms with E-state index in [1.165, 1.54) is 5.56 Å². The van der Waals surface area contributed by atoms with Gasteiger partial charge in [-0.1, -0.05) is 70.3 Å². The van der Waals surface area contributed by atoms with Crippen LogP contribution in [0.4, 0.5) is 0 Å². The Hall–Kier alpha value is -0.510. The maximum atomic E-state index is 11.6. The molecule has 0 spiro atoms. The number of hydrogen-bond donors (Lipinski definition) is 0. The van der Waals surface area contributed by atoms with Crippen LogP contribution in [0.5, 0.6) is 0 Å². The molecule has 0 saturated carbocycles. The molecule has 0 aliphatic carbocycles. The molecule has 0 aliphatic rings. The largest absolute Gasteiger partial charge is 0.288 e. The van der Waals surface area contributed by atoms with Crippen LogP contribution in [-0.2, 0) is 11.2 Å². The van der Waals surface area contributed by atoms with Crippen LogP contribution in [0.15, 0.2) is 24.3 Å². The molecule has 16 heavy (non-hydrogen) atoms. The SMILES string of the molecule is C=IC(=O)C(C)c1ccc(CC(C)C)cc1. The van der Waals surface area contributed by atoms with E-state index in [-0.39, 0.29) is 5.92 Å². The summed E-state index contributed by atoms with van der Waals surface area (Å²) in [4.78, 5) is 11.6. The summed E-state index contributed by atoms with van der Waals surface area (Å²) in [6.07, 6.45) is 1.10. The van der Waals surface area contributed by atoms with Gasteiger partial charge < -0.3 is 0 Å². The van der Waals surface area contributed by atoms with E-state index in [0.29, 0.717) is 9.71 Å². The molecule has 2 heteroatoms. The number of carbonyl (C=O) groups excluding carboxylic acids is 1. The third-order valence-corrected chi connectivity index (χ3v) is 4.28. The first-order valence-electron chi connectivity index (χ1n) is 5.55. The predicted octanol–water partition coefficient (Wildman–Crippen LogP) is 3.92. The van der Waals surface area contributed by atoms with Gasteiger partial charge in [-0.3, -0.25) is 4.79 Å². The maximum absolute atomic E-state index is 11.6. The molecule has 1 aromatic carbocycles. The van der Waals surface area contributed by atoms with E-state index in [4.69, 9.17) is 0 Å². The van der Waals surface area contributed by atoms with E-state index < -0.39 is 20.7 Å². The Morgan fingerprint density at radius 3 is 2.25 bits per heavy atom. The average Bonchev–Trinajstić information content (AvgIpc) is 2.27. The van der Waals surface area contributed by atoms with Gasteiger partial charge in [0.2, 0.25) is 0 Å². The fraction of sp³-hybridized carbons (Fsp3) is 0.429. The third-order valence-electron chi connectivity index (χ3n) is 2.60. The van der Waals surface area contributed by atoms with Crippen molar-refractivity contribution in [2.75, 3.05) is 0 Å². The molecule has 0 bridgehead atoms. The second-order valence-corrected chi connectivity index (χ2v) is 6.32. The van der Waals surface area contributed by atoms with Crippen LogP contribution in [0, 0.1) is 5.92 Å². The van der Waals surface area contributed by atoms with Crippen molar-refractivity contribution in [2.45, 2.75) is 33.1 Å². The molecule has 1 atom stereocenters. The Balaban J connectivity index is 2.78. The summed E-state index contributed by atoms with van der Waals surface area (Å²) >= 11 is -0.533. The third kappa shape index (κ3) is 3.81. The van der Waals surface area contributed by atoms with Gasteiger partial charge in [-0.2, -0.15) is 0 Å². The van der Waals surface area contributed by atoms with Gasteiger partial charge in [0.15, 0.2) is 3.79 Å². The first-order chi connectivity index (χ1) is 7.54. The molecule has 0 aliphatic heterocycles. The maximum Gasteiger partial charge on any atom is 0.193 e. The molecule has 1 aromatic rings. The molecule has 1 rings (SSSR count). The van der Waals surface area contributed by atoms with Gasteiger partial charge in [0, 0.05) is 5.92 Å². The van der Waals surface area contributed by atoms with E-state index in [0.717, 1.165) is 12.0 Å². The van der Waals surface area contributed by atoms with Gasteiger partial charge in [-0.15, -0.1) is 0 Å². The molecular formula is C14H19IO. The molecule has 0 radical (unpaired) electrons. The zero-order valence-corrected chi connectivity index (χ0v) is 12.3. The Labute approximate surface area is 108 Å². The van der Waals surface area contributed by atoms with Crippen molar-refractivity contribution >= 4 is 29.0 Å². The van der Waals surface area contributed by atoms with Crippen LogP contribution in [0.3, 0.4) is 0 Å². The quantitative estimate of drug-likeness (QED) is 0.591. The van der Waals surface area contributed by atoms with E-state index in [1.54, 1.807) is 0 Å². The lowest BCUT2D eigenvalue weighted by Gasteiger charge is -2.10. The van der Waals surface area contributed by atoms with Gasteiger partial charge in [0.25, 0.3) is 0 Å². The van der Waals surface area contributed by atoms with Crippen LogP contribution >= 0.6 is 20.7 Å². The molecular weight excluding hydrogens is 311 g/mol. The van der Waals surface area contributed by atoms with Crippen molar-refractivity contribution in [3.05, 3.63) is 35.4 Å². The Morgan fingerprint density at radius 2 is 1.81 bits per heavy atom. The Kier molecular flexibility index (Phi) is 5.32. The minimum absolute atomic E-state index is 0.0263. The van der Waals surface area contributed by atoms with Crippen LogP contribution in [0.25, 0.3) is 0 Å². The first kappa shape index (κ1) is 13.6.